The van der Waals surface area contributed by atoms with E-state index in [2.05, 4.69) is 117 Å². The minimum atomic E-state index is 0.0871. The van der Waals surface area contributed by atoms with E-state index in [0.29, 0.717) is 5.41 Å². The second-order valence-electron chi connectivity index (χ2n) is 10.0. The van der Waals surface area contributed by atoms with E-state index >= 15 is 0 Å². The summed E-state index contributed by atoms with van der Waals surface area (Å²) in [5.41, 5.74) is 8.53. The SMILES string of the molecule is C=C(C)c1ccc(C2=CCC(C)(CC)/C(=C\CC)C2(C)C)cc1.CC.CC(C)=S.CC=C(C)C. The van der Waals surface area contributed by atoms with Crippen LogP contribution in [0.25, 0.3) is 11.1 Å². The molecule has 0 bridgehead atoms. The van der Waals surface area contributed by atoms with Crippen molar-refractivity contribution >= 4 is 28.2 Å². The van der Waals surface area contributed by atoms with Gasteiger partial charge in [-0.05, 0) is 87.8 Å². The Morgan fingerprint density at radius 3 is 1.74 bits per heavy atom. The van der Waals surface area contributed by atoms with Crippen molar-refractivity contribution in [3.05, 3.63) is 71.3 Å². The van der Waals surface area contributed by atoms with Crippen LogP contribution in [0.15, 0.2) is 60.2 Å². The van der Waals surface area contributed by atoms with Crippen LogP contribution in [-0.4, -0.2) is 4.86 Å². The molecule has 1 aliphatic rings. The molecule has 0 amide bonds. The third-order valence-corrected chi connectivity index (χ3v) is 6.21. The van der Waals surface area contributed by atoms with E-state index in [4.69, 9.17) is 0 Å². The number of allylic oxidation sites excluding steroid dienone is 7. The summed E-state index contributed by atoms with van der Waals surface area (Å²) in [6.45, 7) is 31.9. The summed E-state index contributed by atoms with van der Waals surface area (Å²) < 4.78 is 0. The lowest BCUT2D eigenvalue weighted by atomic mass is 9.58. The molecule has 0 spiro atoms. The van der Waals surface area contributed by atoms with Gasteiger partial charge >= 0.3 is 0 Å². The highest BCUT2D eigenvalue weighted by molar-refractivity contribution is 7.80. The molecule has 1 aromatic rings. The Balaban J connectivity index is 0. The van der Waals surface area contributed by atoms with Gasteiger partial charge < -0.3 is 0 Å². The summed E-state index contributed by atoms with van der Waals surface area (Å²) in [4.78, 5) is 1.00. The van der Waals surface area contributed by atoms with E-state index in [1.54, 1.807) is 5.57 Å². The van der Waals surface area contributed by atoms with E-state index in [1.807, 2.05) is 34.6 Å². The highest BCUT2D eigenvalue weighted by Crippen LogP contribution is 2.55. The van der Waals surface area contributed by atoms with Gasteiger partial charge in [0.15, 0.2) is 0 Å². The molecule has 1 aromatic carbocycles. The van der Waals surface area contributed by atoms with Crippen molar-refractivity contribution in [3.63, 3.8) is 0 Å². The van der Waals surface area contributed by atoms with Crippen molar-refractivity contribution in [2.45, 2.75) is 109 Å². The van der Waals surface area contributed by atoms with Crippen LogP contribution in [0.4, 0.5) is 0 Å². The first-order valence-electron chi connectivity index (χ1n) is 13.0. The number of rotatable bonds is 4. The fourth-order valence-corrected chi connectivity index (χ4v) is 4.05. The first-order valence-corrected chi connectivity index (χ1v) is 13.4. The Morgan fingerprint density at radius 1 is 0.971 bits per heavy atom. The van der Waals surface area contributed by atoms with Crippen LogP contribution in [0.3, 0.4) is 0 Å². The van der Waals surface area contributed by atoms with Crippen molar-refractivity contribution < 1.29 is 0 Å². The first-order chi connectivity index (χ1) is 15.8. The number of hydrogen-bond donors (Lipinski definition) is 0. The molecule has 0 nitrogen and oxygen atoms in total. The lowest BCUT2D eigenvalue weighted by molar-refractivity contribution is 0.310. The highest BCUT2D eigenvalue weighted by Gasteiger charge is 2.41. The molecule has 192 valence electrons. The predicted molar refractivity (Wildman–Crippen MR) is 165 cm³/mol. The Bertz CT molecular complexity index is 835. The van der Waals surface area contributed by atoms with E-state index in [1.165, 1.54) is 28.7 Å². The van der Waals surface area contributed by atoms with Gasteiger partial charge in [-0.2, -0.15) is 0 Å². The normalized spacial score (nSPS) is 19.1. The molecule has 1 unspecified atom stereocenters. The number of thiocarbonyl (C=S) groups is 1. The van der Waals surface area contributed by atoms with Gasteiger partial charge in [-0.25, -0.2) is 0 Å². The Labute approximate surface area is 219 Å². The molecule has 1 atom stereocenters. The summed E-state index contributed by atoms with van der Waals surface area (Å²) >= 11 is 4.54. The van der Waals surface area contributed by atoms with Crippen molar-refractivity contribution in [1.29, 1.82) is 0 Å². The maximum Gasteiger partial charge on any atom is 0.0113 e. The van der Waals surface area contributed by atoms with Gasteiger partial charge in [0.2, 0.25) is 0 Å². The zero-order valence-corrected chi connectivity index (χ0v) is 25.6. The number of hydrogen-bond acceptors (Lipinski definition) is 1. The molecule has 0 fully saturated rings. The average molecular weight is 483 g/mol. The molecule has 0 radical (unpaired) electrons. The largest absolute Gasteiger partial charge is 0.0955 e. The summed E-state index contributed by atoms with van der Waals surface area (Å²) in [6, 6.07) is 8.92. The molecule has 0 saturated heterocycles. The van der Waals surface area contributed by atoms with Crippen LogP contribution in [0, 0.1) is 10.8 Å². The standard InChI is InChI=1S/C23H32.C5H10.C3H6S.C2H6/c1-8-10-21-22(5,6)20(15-16-23(21,7)9-2)19-13-11-18(12-14-19)17(3)4;1-4-5(2)3;1-3(2)4;1-2/h10-15H,3,8-9,16H2,1-2,4-7H3;4H,1-3H3;1-2H3;1-2H3/b21-10-;;;. The monoisotopic (exact) mass is 482 g/mol. The van der Waals surface area contributed by atoms with Crippen LogP contribution >= 0.6 is 12.2 Å². The third-order valence-electron chi connectivity index (χ3n) is 6.21. The molecule has 2 rings (SSSR count). The first kappa shape index (κ1) is 34.4. The zero-order valence-electron chi connectivity index (χ0n) is 24.8. The van der Waals surface area contributed by atoms with Crippen LogP contribution in [0.5, 0.6) is 0 Å². The summed E-state index contributed by atoms with van der Waals surface area (Å²) in [7, 11) is 0. The molecule has 0 saturated carbocycles. The summed E-state index contributed by atoms with van der Waals surface area (Å²) in [6.07, 6.45) is 10.5. The molecule has 0 aliphatic heterocycles. The van der Waals surface area contributed by atoms with Gasteiger partial charge in [-0.1, -0.05) is 126 Å². The van der Waals surface area contributed by atoms with Crippen LogP contribution in [0.1, 0.15) is 120 Å². The minimum absolute atomic E-state index is 0.0871. The molecular formula is C33H54S. The number of benzene rings is 1. The third kappa shape index (κ3) is 11.1. The van der Waals surface area contributed by atoms with Gasteiger partial charge in [-0.15, -0.1) is 0 Å². The van der Waals surface area contributed by atoms with Gasteiger partial charge in [0, 0.05) is 5.41 Å². The molecule has 1 heteroatoms. The van der Waals surface area contributed by atoms with Crippen LogP contribution in [-0.2, 0) is 0 Å². The maximum atomic E-state index is 4.54. The fraction of sp³-hybridized carbons (Fsp3) is 0.545. The van der Waals surface area contributed by atoms with Gasteiger partial charge in [0.25, 0.3) is 0 Å². The van der Waals surface area contributed by atoms with E-state index in [0.717, 1.165) is 23.3 Å². The Morgan fingerprint density at radius 2 is 1.41 bits per heavy atom. The second kappa shape index (κ2) is 16.8. The lowest BCUT2D eigenvalue weighted by Gasteiger charge is -2.46. The van der Waals surface area contributed by atoms with Crippen molar-refractivity contribution in [1.82, 2.24) is 0 Å². The Kier molecular flexibility index (Phi) is 17.0. The molecule has 0 N–H and O–H groups in total. The average Bonchev–Trinajstić information content (AvgIpc) is 2.78. The minimum Gasteiger partial charge on any atom is -0.0955 e. The zero-order chi connectivity index (χ0) is 27.1. The molecule has 0 heterocycles. The van der Waals surface area contributed by atoms with Crippen LogP contribution < -0.4 is 0 Å². The summed E-state index contributed by atoms with van der Waals surface area (Å²) in [5.74, 6) is 0. The maximum absolute atomic E-state index is 4.54. The smallest absolute Gasteiger partial charge is 0.0113 e. The van der Waals surface area contributed by atoms with Crippen molar-refractivity contribution in [2.24, 2.45) is 10.8 Å². The quantitative estimate of drug-likeness (QED) is 0.303. The van der Waals surface area contributed by atoms with Gasteiger partial charge in [0.05, 0.1) is 0 Å². The second-order valence-corrected chi connectivity index (χ2v) is 10.8. The Hall–Kier alpha value is -1.73. The molecule has 0 aromatic heterocycles. The predicted octanol–water partition coefficient (Wildman–Crippen LogP) is 11.7. The van der Waals surface area contributed by atoms with E-state index in [-0.39, 0.29) is 5.41 Å². The van der Waals surface area contributed by atoms with Gasteiger partial charge in [0.1, 0.15) is 0 Å². The topological polar surface area (TPSA) is 0 Å². The fourth-order valence-electron chi connectivity index (χ4n) is 4.05. The summed E-state index contributed by atoms with van der Waals surface area (Å²) in [5, 5.41) is 0. The molecular weight excluding hydrogens is 428 g/mol. The van der Waals surface area contributed by atoms with E-state index in [9.17, 15) is 0 Å². The lowest BCUT2D eigenvalue weighted by Crippen LogP contribution is -2.33. The molecule has 1 aliphatic carbocycles. The van der Waals surface area contributed by atoms with Crippen LogP contribution in [0.2, 0.25) is 0 Å². The van der Waals surface area contributed by atoms with Crippen molar-refractivity contribution in [3.8, 4) is 0 Å². The van der Waals surface area contributed by atoms with E-state index < -0.39 is 0 Å². The van der Waals surface area contributed by atoms with Gasteiger partial charge in [-0.3, -0.25) is 0 Å². The highest BCUT2D eigenvalue weighted by atomic mass is 32.1. The molecule has 34 heavy (non-hydrogen) atoms. The van der Waals surface area contributed by atoms with Crippen molar-refractivity contribution in [2.75, 3.05) is 0 Å².